The molecule has 0 spiro atoms. The van der Waals surface area contributed by atoms with Gasteiger partial charge in [0, 0.05) is 5.69 Å². The normalized spacial score (nSPS) is 11.1. The van der Waals surface area contributed by atoms with E-state index < -0.39 is 6.61 Å². The Morgan fingerprint density at radius 3 is 2.59 bits per heavy atom. The number of hydrogen-bond acceptors (Lipinski definition) is 6. The third kappa shape index (κ3) is 3.52. The van der Waals surface area contributed by atoms with Crippen molar-refractivity contribution in [1.29, 1.82) is 0 Å². The topological polar surface area (TPSA) is 77.8 Å². The largest absolute Gasteiger partial charge is 0.435 e. The third-order valence-electron chi connectivity index (χ3n) is 3.83. The number of para-hydroxylation sites is 2. The number of anilines is 2. The van der Waals surface area contributed by atoms with Gasteiger partial charge >= 0.3 is 6.61 Å². The molecule has 136 valence electrons. The first-order valence-corrected chi connectivity index (χ1v) is 8.06. The van der Waals surface area contributed by atoms with Gasteiger partial charge in [0.2, 0.25) is 0 Å². The van der Waals surface area contributed by atoms with Crippen molar-refractivity contribution in [2.24, 2.45) is 0 Å². The zero-order valence-corrected chi connectivity index (χ0v) is 14.2. The number of aryl methyl sites for hydroxylation is 1. The van der Waals surface area contributed by atoms with Gasteiger partial charge in [-0.25, -0.2) is 4.98 Å². The molecule has 1 N–H and O–H groups in total. The van der Waals surface area contributed by atoms with Gasteiger partial charge in [0.25, 0.3) is 5.95 Å². The van der Waals surface area contributed by atoms with Crippen molar-refractivity contribution in [3.63, 3.8) is 0 Å². The summed E-state index contributed by atoms with van der Waals surface area (Å²) < 4.78 is 30.6. The van der Waals surface area contributed by atoms with Crippen LogP contribution in [-0.2, 0) is 0 Å². The lowest BCUT2D eigenvalue weighted by Gasteiger charge is -2.09. The molecule has 0 fully saturated rings. The van der Waals surface area contributed by atoms with E-state index in [1.54, 1.807) is 12.1 Å². The van der Waals surface area contributed by atoms with E-state index in [9.17, 15) is 8.78 Å². The molecule has 0 bridgehead atoms. The van der Waals surface area contributed by atoms with Crippen LogP contribution in [0.1, 0.15) is 5.82 Å². The fourth-order valence-electron chi connectivity index (χ4n) is 2.72. The molecule has 0 atom stereocenters. The number of aromatic nitrogens is 5. The summed E-state index contributed by atoms with van der Waals surface area (Å²) in [6.45, 7) is -0.990. The number of nitrogens with one attached hydrogen (secondary N) is 1. The van der Waals surface area contributed by atoms with Crippen LogP contribution in [0.5, 0.6) is 5.75 Å². The Hall–Kier alpha value is -3.62. The molecule has 0 aliphatic rings. The highest BCUT2D eigenvalue weighted by Gasteiger charge is 2.12. The van der Waals surface area contributed by atoms with Crippen LogP contribution in [0.25, 0.3) is 17.0 Å². The summed E-state index contributed by atoms with van der Waals surface area (Å²) in [5, 5.41) is 11.2. The van der Waals surface area contributed by atoms with E-state index in [1.165, 1.54) is 18.3 Å². The van der Waals surface area contributed by atoms with Gasteiger partial charge in [0.15, 0.2) is 5.82 Å². The summed E-state index contributed by atoms with van der Waals surface area (Å²) in [4.78, 5) is 8.98. The van der Waals surface area contributed by atoms with Gasteiger partial charge in [-0.2, -0.15) is 18.9 Å². The molecule has 2 heterocycles. The number of halogens is 2. The Labute approximate surface area is 152 Å². The summed E-state index contributed by atoms with van der Waals surface area (Å²) in [5.74, 6) is 1.66. The fourth-order valence-corrected chi connectivity index (χ4v) is 2.72. The van der Waals surface area contributed by atoms with E-state index in [1.807, 2.05) is 35.8 Å². The van der Waals surface area contributed by atoms with Crippen LogP contribution in [0.4, 0.5) is 20.3 Å². The standard InChI is InChI=1S/C18H14F2N6O/c1-11-22-14-4-2-3-5-15(14)26(11)18-24-16(10-21-25-18)23-12-6-8-13(9-7-12)27-17(19)20/h2-10,17H,1H3,(H,23,24,25). The maximum Gasteiger partial charge on any atom is 0.387 e. The number of alkyl halides is 2. The molecule has 27 heavy (non-hydrogen) atoms. The Morgan fingerprint density at radius 2 is 1.81 bits per heavy atom. The van der Waals surface area contributed by atoms with E-state index >= 15 is 0 Å². The van der Waals surface area contributed by atoms with Crippen molar-refractivity contribution in [2.45, 2.75) is 13.5 Å². The first kappa shape index (κ1) is 16.8. The number of imidazole rings is 1. The minimum absolute atomic E-state index is 0.0811. The lowest BCUT2D eigenvalue weighted by molar-refractivity contribution is -0.0498. The van der Waals surface area contributed by atoms with Gasteiger partial charge in [0.1, 0.15) is 11.6 Å². The van der Waals surface area contributed by atoms with Crippen molar-refractivity contribution < 1.29 is 13.5 Å². The Balaban J connectivity index is 1.62. The summed E-state index contributed by atoms with van der Waals surface area (Å²) >= 11 is 0. The molecular weight excluding hydrogens is 354 g/mol. The summed E-state index contributed by atoms with van der Waals surface area (Å²) in [6.07, 6.45) is 1.47. The molecule has 0 aliphatic heterocycles. The minimum atomic E-state index is -2.86. The van der Waals surface area contributed by atoms with E-state index in [0.717, 1.165) is 16.9 Å². The Kier molecular flexibility index (Phi) is 4.33. The van der Waals surface area contributed by atoms with Crippen molar-refractivity contribution in [3.8, 4) is 11.7 Å². The quantitative estimate of drug-likeness (QED) is 0.576. The number of nitrogens with zero attached hydrogens (tertiary/aromatic N) is 5. The highest BCUT2D eigenvalue weighted by atomic mass is 19.3. The first-order valence-electron chi connectivity index (χ1n) is 8.06. The Morgan fingerprint density at radius 1 is 1.04 bits per heavy atom. The van der Waals surface area contributed by atoms with Gasteiger partial charge < -0.3 is 10.1 Å². The zero-order chi connectivity index (χ0) is 18.8. The molecule has 4 rings (SSSR count). The van der Waals surface area contributed by atoms with Crippen LogP contribution in [-0.4, -0.2) is 31.3 Å². The summed E-state index contributed by atoms with van der Waals surface area (Å²) in [5.41, 5.74) is 2.37. The van der Waals surface area contributed by atoms with E-state index in [2.05, 4.69) is 30.2 Å². The van der Waals surface area contributed by atoms with E-state index in [-0.39, 0.29) is 5.75 Å². The average Bonchev–Trinajstić information content (AvgIpc) is 2.99. The van der Waals surface area contributed by atoms with Gasteiger partial charge in [-0.1, -0.05) is 12.1 Å². The SMILES string of the molecule is Cc1nc2ccccc2n1-c1nncc(Nc2ccc(OC(F)F)cc2)n1. The predicted octanol–water partition coefficient (Wildman–Crippen LogP) is 3.86. The molecule has 0 amide bonds. The van der Waals surface area contributed by atoms with Crippen LogP contribution in [0, 0.1) is 6.92 Å². The summed E-state index contributed by atoms with van der Waals surface area (Å²) in [6, 6.07) is 13.8. The van der Waals surface area contributed by atoms with Crippen LogP contribution in [0.15, 0.2) is 54.7 Å². The van der Waals surface area contributed by atoms with Gasteiger partial charge in [-0.15, -0.1) is 5.10 Å². The molecule has 9 heteroatoms. The number of benzene rings is 2. The second kappa shape index (κ2) is 6.94. The minimum Gasteiger partial charge on any atom is -0.435 e. The highest BCUT2D eigenvalue weighted by Crippen LogP contribution is 2.22. The van der Waals surface area contributed by atoms with Gasteiger partial charge in [-0.05, 0) is 43.3 Å². The monoisotopic (exact) mass is 368 g/mol. The highest BCUT2D eigenvalue weighted by molar-refractivity contribution is 5.77. The van der Waals surface area contributed by atoms with Crippen molar-refractivity contribution in [1.82, 2.24) is 24.7 Å². The maximum absolute atomic E-state index is 12.2. The second-order valence-electron chi connectivity index (χ2n) is 5.65. The number of ether oxygens (including phenoxy) is 1. The zero-order valence-electron chi connectivity index (χ0n) is 14.2. The maximum atomic E-state index is 12.2. The van der Waals surface area contributed by atoms with Crippen LogP contribution >= 0.6 is 0 Å². The van der Waals surface area contributed by atoms with Crippen molar-refractivity contribution in [3.05, 3.63) is 60.6 Å². The second-order valence-corrected chi connectivity index (χ2v) is 5.65. The predicted molar refractivity (Wildman–Crippen MR) is 95.5 cm³/mol. The molecule has 0 saturated heterocycles. The molecule has 2 aromatic carbocycles. The van der Waals surface area contributed by atoms with Crippen LogP contribution in [0.3, 0.4) is 0 Å². The molecule has 0 radical (unpaired) electrons. The smallest absolute Gasteiger partial charge is 0.387 e. The molecule has 4 aromatic rings. The lowest BCUT2D eigenvalue weighted by atomic mass is 10.3. The number of hydrogen-bond donors (Lipinski definition) is 1. The molecule has 0 unspecified atom stereocenters. The molecule has 7 nitrogen and oxygen atoms in total. The van der Waals surface area contributed by atoms with Crippen LogP contribution in [0.2, 0.25) is 0 Å². The van der Waals surface area contributed by atoms with Crippen molar-refractivity contribution in [2.75, 3.05) is 5.32 Å². The van der Waals surface area contributed by atoms with E-state index in [0.29, 0.717) is 17.5 Å². The molecule has 0 saturated carbocycles. The van der Waals surface area contributed by atoms with Crippen molar-refractivity contribution >= 4 is 22.5 Å². The fraction of sp³-hybridized carbons (Fsp3) is 0.111. The first-order chi connectivity index (χ1) is 13.1. The lowest BCUT2D eigenvalue weighted by Crippen LogP contribution is -2.07. The third-order valence-corrected chi connectivity index (χ3v) is 3.83. The van der Waals surface area contributed by atoms with Gasteiger partial charge in [0.05, 0.1) is 17.2 Å². The number of fused-ring (bicyclic) bond motifs is 1. The van der Waals surface area contributed by atoms with Crippen LogP contribution < -0.4 is 10.1 Å². The summed E-state index contributed by atoms with van der Waals surface area (Å²) in [7, 11) is 0. The average molecular weight is 368 g/mol. The van der Waals surface area contributed by atoms with E-state index in [4.69, 9.17) is 0 Å². The Bertz CT molecular complexity index is 1080. The molecular formula is C18H14F2N6O. The number of rotatable bonds is 5. The van der Waals surface area contributed by atoms with Gasteiger partial charge in [-0.3, -0.25) is 4.57 Å². The molecule has 2 aromatic heterocycles. The molecule has 0 aliphatic carbocycles.